The molecule has 5 heterocycles. The lowest BCUT2D eigenvalue weighted by Gasteiger charge is -2.06. The van der Waals surface area contributed by atoms with E-state index in [9.17, 15) is 10.2 Å². The van der Waals surface area contributed by atoms with Gasteiger partial charge in [-0.1, -0.05) is 84.9 Å². The molecule has 50 heavy (non-hydrogen) atoms. The van der Waals surface area contributed by atoms with Crippen molar-refractivity contribution in [3.63, 3.8) is 0 Å². The smallest absolute Gasteiger partial charge is 0.115 e. The van der Waals surface area contributed by atoms with E-state index in [4.69, 9.17) is 9.97 Å². The Balaban J connectivity index is 1.48. The maximum Gasteiger partial charge on any atom is 0.115 e. The van der Waals surface area contributed by atoms with Crippen LogP contribution in [-0.4, -0.2) is 20.2 Å². The van der Waals surface area contributed by atoms with Crippen molar-refractivity contribution in [2.75, 3.05) is 0 Å². The van der Waals surface area contributed by atoms with Crippen molar-refractivity contribution < 1.29 is 10.2 Å². The molecule has 0 spiro atoms. The zero-order chi connectivity index (χ0) is 33.6. The summed E-state index contributed by atoms with van der Waals surface area (Å²) in [6, 6.07) is 44.3. The molecular formula is C44H28N2O2S2. The second kappa shape index (κ2) is 12.4. The first-order valence-electron chi connectivity index (χ1n) is 16.3. The lowest BCUT2D eigenvalue weighted by molar-refractivity contribution is 0.475. The number of thiophene rings is 2. The molecule has 2 N–H and O–H groups in total. The molecule has 0 aliphatic carbocycles. The van der Waals surface area contributed by atoms with Gasteiger partial charge in [-0.05, 0) is 95.1 Å². The number of rotatable bonds is 4. The molecule has 4 nitrogen and oxygen atoms in total. The molecule has 0 saturated heterocycles. The highest BCUT2D eigenvalue weighted by molar-refractivity contribution is 7.24. The van der Waals surface area contributed by atoms with Gasteiger partial charge in [0.1, 0.15) is 11.5 Å². The molecule has 0 saturated carbocycles. The molecule has 0 atom stereocenters. The summed E-state index contributed by atoms with van der Waals surface area (Å²) in [6.45, 7) is 0. The van der Waals surface area contributed by atoms with Crippen molar-refractivity contribution in [3.8, 4) is 56.0 Å². The molecule has 238 valence electrons. The number of fused-ring (bicyclic) bond motifs is 8. The largest absolute Gasteiger partial charge is 0.508 e. The second-order valence-electron chi connectivity index (χ2n) is 12.1. The lowest BCUT2D eigenvalue weighted by Crippen LogP contribution is -1.86. The summed E-state index contributed by atoms with van der Waals surface area (Å²) < 4.78 is 4.32. The Kier molecular flexibility index (Phi) is 7.46. The van der Waals surface area contributed by atoms with Gasteiger partial charge in [0.2, 0.25) is 0 Å². The first-order valence-corrected chi connectivity index (χ1v) is 17.9. The molecule has 2 aliphatic rings. The molecule has 0 radical (unpaired) electrons. The quantitative estimate of drug-likeness (QED) is 0.194. The molecule has 0 unspecified atom stereocenters. The highest BCUT2D eigenvalue weighted by Gasteiger charge is 2.19. The van der Waals surface area contributed by atoms with Crippen LogP contribution >= 0.6 is 22.7 Å². The van der Waals surface area contributed by atoms with Crippen molar-refractivity contribution in [3.05, 3.63) is 156 Å². The van der Waals surface area contributed by atoms with Crippen LogP contribution in [-0.2, 0) is 0 Å². The zero-order valence-electron chi connectivity index (χ0n) is 26.6. The number of phenols is 2. The van der Waals surface area contributed by atoms with Gasteiger partial charge in [0, 0.05) is 41.1 Å². The van der Waals surface area contributed by atoms with Crippen molar-refractivity contribution in [2.24, 2.45) is 0 Å². The van der Waals surface area contributed by atoms with Gasteiger partial charge in [-0.15, -0.1) is 22.7 Å². The monoisotopic (exact) mass is 680 g/mol. The summed E-state index contributed by atoms with van der Waals surface area (Å²) in [5, 5.41) is 20.4. The third-order valence-corrected chi connectivity index (χ3v) is 11.2. The van der Waals surface area contributed by atoms with E-state index in [1.807, 2.05) is 36.4 Å². The average molecular weight is 681 g/mol. The standard InChI is InChI=1S/C44H28N2O2S2/c47-31-15-11-29(12-16-31)43-35-21-19-33(45-35)41(27-7-3-1-4-8-27)37-23-24-38(49-37)42(28-9-5-2-6-10-28)34-20-22-36(46-34)44(40-26-25-39(43)50-40)30-13-17-32(48)18-14-30/h1-26,47-48H. The Morgan fingerprint density at radius 3 is 0.900 bits per heavy atom. The third kappa shape index (κ3) is 5.41. The van der Waals surface area contributed by atoms with Gasteiger partial charge in [0.15, 0.2) is 0 Å². The Bertz CT molecular complexity index is 2460. The van der Waals surface area contributed by atoms with E-state index in [1.165, 1.54) is 0 Å². The van der Waals surface area contributed by atoms with Crippen LogP contribution in [0.4, 0.5) is 0 Å². The van der Waals surface area contributed by atoms with Crippen molar-refractivity contribution >= 4 is 65.8 Å². The second-order valence-corrected chi connectivity index (χ2v) is 14.3. The number of aromatic nitrogens is 2. The predicted molar refractivity (Wildman–Crippen MR) is 211 cm³/mol. The van der Waals surface area contributed by atoms with Gasteiger partial charge in [-0.25, -0.2) is 9.97 Å². The normalized spacial score (nSPS) is 12.0. The van der Waals surface area contributed by atoms with Crippen LogP contribution in [0.3, 0.4) is 0 Å². The molecule has 4 aromatic carbocycles. The maximum atomic E-state index is 10.2. The summed E-state index contributed by atoms with van der Waals surface area (Å²) in [6.07, 6.45) is 8.43. The zero-order valence-corrected chi connectivity index (χ0v) is 28.2. The molecule has 3 aromatic heterocycles. The number of hydrogen-bond acceptors (Lipinski definition) is 6. The van der Waals surface area contributed by atoms with Gasteiger partial charge in [0.25, 0.3) is 0 Å². The lowest BCUT2D eigenvalue weighted by atomic mass is 10.0. The minimum absolute atomic E-state index is 0.214. The van der Waals surface area contributed by atoms with Crippen LogP contribution in [0.5, 0.6) is 11.5 Å². The van der Waals surface area contributed by atoms with Crippen LogP contribution in [0.25, 0.3) is 87.6 Å². The van der Waals surface area contributed by atoms with E-state index in [2.05, 4.69) is 97.1 Å². The van der Waals surface area contributed by atoms with Gasteiger partial charge in [0.05, 0.1) is 22.8 Å². The van der Waals surface area contributed by atoms with E-state index in [-0.39, 0.29) is 11.5 Å². The fourth-order valence-corrected chi connectivity index (χ4v) is 8.94. The highest BCUT2D eigenvalue weighted by Crippen LogP contribution is 2.43. The fourth-order valence-electron chi connectivity index (χ4n) is 6.63. The van der Waals surface area contributed by atoms with Crippen LogP contribution in [0.15, 0.2) is 133 Å². The van der Waals surface area contributed by atoms with Gasteiger partial charge in [-0.3, -0.25) is 0 Å². The van der Waals surface area contributed by atoms with E-state index in [0.29, 0.717) is 0 Å². The van der Waals surface area contributed by atoms with E-state index >= 15 is 0 Å². The molecule has 8 bridgehead atoms. The van der Waals surface area contributed by atoms with Gasteiger partial charge >= 0.3 is 0 Å². The first kappa shape index (κ1) is 30.0. The summed E-state index contributed by atoms with van der Waals surface area (Å²) in [7, 11) is 0. The summed E-state index contributed by atoms with van der Waals surface area (Å²) in [5.74, 6) is 0.429. The first-order chi connectivity index (χ1) is 24.6. The van der Waals surface area contributed by atoms with Crippen LogP contribution in [0.2, 0.25) is 0 Å². The van der Waals surface area contributed by atoms with Crippen LogP contribution in [0, 0.1) is 0 Å². The van der Waals surface area contributed by atoms with Crippen molar-refractivity contribution in [2.45, 2.75) is 0 Å². The predicted octanol–water partition coefficient (Wildman–Crippen LogP) is 12.2. The fraction of sp³-hybridized carbons (Fsp3) is 0. The van der Waals surface area contributed by atoms with Crippen molar-refractivity contribution in [1.29, 1.82) is 0 Å². The average Bonchev–Trinajstić information content (AvgIpc) is 3.98. The summed E-state index contributed by atoms with van der Waals surface area (Å²) in [5.41, 5.74) is 11.7. The van der Waals surface area contributed by atoms with Crippen LogP contribution < -0.4 is 0 Å². The minimum atomic E-state index is 0.214. The van der Waals surface area contributed by atoms with Gasteiger partial charge in [-0.2, -0.15) is 0 Å². The SMILES string of the molecule is Oc1ccc(-c2c3nc(c(-c4ccccc4)c4ccc(s4)c(-c4ccccc4)c4nc(c(-c5ccc(O)cc5)c5ccc2s5)C=C4)C=C3)cc1. The Hall–Kier alpha value is -6.08. The summed E-state index contributed by atoms with van der Waals surface area (Å²) >= 11 is 3.42. The number of benzene rings is 4. The molecule has 9 rings (SSSR count). The summed E-state index contributed by atoms with van der Waals surface area (Å²) in [4.78, 5) is 10.7. The third-order valence-electron chi connectivity index (χ3n) is 8.94. The maximum absolute atomic E-state index is 10.2. The number of nitrogens with zero attached hydrogens (tertiary/aromatic N) is 2. The minimum Gasteiger partial charge on any atom is -0.508 e. The number of hydrogen-bond donors (Lipinski definition) is 2. The number of aromatic hydroxyl groups is 2. The Labute approximate surface area is 296 Å². The van der Waals surface area contributed by atoms with Crippen molar-refractivity contribution in [1.82, 2.24) is 9.97 Å². The molecule has 0 fully saturated rings. The van der Waals surface area contributed by atoms with E-state index in [0.717, 1.165) is 86.1 Å². The topological polar surface area (TPSA) is 66.2 Å². The van der Waals surface area contributed by atoms with E-state index < -0.39 is 0 Å². The van der Waals surface area contributed by atoms with E-state index in [1.54, 1.807) is 46.9 Å². The molecule has 0 amide bonds. The molecule has 7 aromatic rings. The Morgan fingerprint density at radius 1 is 0.320 bits per heavy atom. The van der Waals surface area contributed by atoms with Crippen LogP contribution in [0.1, 0.15) is 22.8 Å². The van der Waals surface area contributed by atoms with Gasteiger partial charge < -0.3 is 10.2 Å². The highest BCUT2D eigenvalue weighted by atomic mass is 32.1. The molecular weight excluding hydrogens is 653 g/mol. The molecule has 2 aliphatic heterocycles. The molecule has 6 heteroatoms. The Morgan fingerprint density at radius 2 is 0.600 bits per heavy atom. The number of phenolic OH excluding ortho intramolecular Hbond substituents is 2.